The van der Waals surface area contributed by atoms with Gasteiger partial charge in [-0.1, -0.05) is 42.0 Å². The fraction of sp³-hybridized carbons (Fsp3) is 0.478. The second-order valence-corrected chi connectivity index (χ2v) is 8.18. The van der Waals surface area contributed by atoms with Crippen molar-refractivity contribution in [1.29, 1.82) is 0 Å². The summed E-state index contributed by atoms with van der Waals surface area (Å²) in [5, 5.41) is 0. The van der Waals surface area contributed by atoms with Crippen LogP contribution in [-0.2, 0) is 0 Å². The largest absolute Gasteiger partial charge is 0.369 e. The van der Waals surface area contributed by atoms with E-state index in [1.807, 2.05) is 0 Å². The molecule has 2 atom stereocenters. The van der Waals surface area contributed by atoms with E-state index in [1.54, 1.807) is 0 Å². The molecular weight excluding hydrogens is 332 g/mol. The molecule has 2 aromatic carbocycles. The third kappa shape index (κ3) is 4.03. The molecule has 2 aliphatic heterocycles. The van der Waals surface area contributed by atoms with Gasteiger partial charge in [0.2, 0.25) is 0 Å². The summed E-state index contributed by atoms with van der Waals surface area (Å²) in [6.45, 7) is 13.3. The average molecular weight is 365 g/mol. The fourth-order valence-corrected chi connectivity index (χ4v) is 4.42. The van der Waals surface area contributed by atoms with Crippen molar-refractivity contribution in [1.82, 2.24) is 15.8 Å². The predicted molar refractivity (Wildman–Crippen MR) is 113 cm³/mol. The Labute approximate surface area is 163 Å². The summed E-state index contributed by atoms with van der Waals surface area (Å²) < 4.78 is 0. The zero-order valence-electron chi connectivity index (χ0n) is 16.8. The first kappa shape index (κ1) is 18.5. The minimum absolute atomic E-state index is 0.405. The highest BCUT2D eigenvalue weighted by Gasteiger charge is 2.30. The van der Waals surface area contributed by atoms with Crippen molar-refractivity contribution < 1.29 is 0 Å². The lowest BCUT2D eigenvalue weighted by Gasteiger charge is -2.38. The first-order valence-corrected chi connectivity index (χ1v) is 10.2. The number of hydrogen-bond donors (Lipinski definition) is 2. The monoisotopic (exact) mass is 364 g/mol. The molecule has 27 heavy (non-hydrogen) atoms. The zero-order valence-corrected chi connectivity index (χ0v) is 16.8. The highest BCUT2D eigenvalue weighted by Crippen LogP contribution is 2.28. The van der Waals surface area contributed by atoms with E-state index in [4.69, 9.17) is 0 Å². The summed E-state index contributed by atoms with van der Waals surface area (Å²) >= 11 is 0. The Morgan fingerprint density at radius 2 is 1.67 bits per heavy atom. The molecule has 0 saturated carbocycles. The smallest absolute Gasteiger partial charge is 0.0515 e. The normalized spacial score (nSPS) is 23.7. The van der Waals surface area contributed by atoms with Crippen LogP contribution in [0.5, 0.6) is 0 Å². The Morgan fingerprint density at radius 1 is 0.926 bits per heavy atom. The van der Waals surface area contributed by atoms with Gasteiger partial charge in [-0.05, 0) is 43.5 Å². The molecular formula is C23H32N4. The van der Waals surface area contributed by atoms with Crippen LogP contribution in [0.1, 0.15) is 28.3 Å². The van der Waals surface area contributed by atoms with E-state index in [2.05, 4.69) is 83.9 Å². The molecule has 2 unspecified atom stereocenters. The Kier molecular flexibility index (Phi) is 5.48. The molecule has 0 spiro atoms. The van der Waals surface area contributed by atoms with Gasteiger partial charge in [-0.15, -0.1) is 0 Å². The van der Waals surface area contributed by atoms with Gasteiger partial charge in [0.25, 0.3) is 0 Å². The Morgan fingerprint density at radius 3 is 2.41 bits per heavy atom. The summed E-state index contributed by atoms with van der Waals surface area (Å²) in [6.07, 6.45) is 0. The van der Waals surface area contributed by atoms with E-state index in [0.29, 0.717) is 12.0 Å². The average Bonchev–Trinajstić information content (AvgIpc) is 3.13. The van der Waals surface area contributed by atoms with E-state index >= 15 is 0 Å². The summed E-state index contributed by atoms with van der Waals surface area (Å²) in [4.78, 5) is 5.20. The number of hydrogen-bond acceptors (Lipinski definition) is 4. The molecule has 0 radical (unpaired) electrons. The maximum absolute atomic E-state index is 3.49. The Hall–Kier alpha value is -1.88. The molecule has 2 aromatic rings. The SMILES string of the molecule is Cc1ccc(C2NNCC2CN2CCN(c3cccc(C)c3C)CC2)cc1. The Balaban J connectivity index is 1.36. The van der Waals surface area contributed by atoms with Crippen LogP contribution in [0.4, 0.5) is 5.69 Å². The van der Waals surface area contributed by atoms with Gasteiger partial charge in [0.15, 0.2) is 0 Å². The van der Waals surface area contributed by atoms with Crippen LogP contribution < -0.4 is 15.8 Å². The van der Waals surface area contributed by atoms with E-state index in [9.17, 15) is 0 Å². The molecule has 144 valence electrons. The number of anilines is 1. The van der Waals surface area contributed by atoms with Crippen LogP contribution in [-0.4, -0.2) is 44.2 Å². The highest BCUT2D eigenvalue weighted by atomic mass is 15.4. The van der Waals surface area contributed by atoms with E-state index < -0.39 is 0 Å². The van der Waals surface area contributed by atoms with Gasteiger partial charge in [0.05, 0.1) is 6.04 Å². The molecule has 2 fully saturated rings. The van der Waals surface area contributed by atoms with Gasteiger partial charge in [0.1, 0.15) is 0 Å². The van der Waals surface area contributed by atoms with E-state index in [1.165, 1.54) is 27.9 Å². The fourth-order valence-electron chi connectivity index (χ4n) is 4.42. The summed E-state index contributed by atoms with van der Waals surface area (Å²) in [7, 11) is 0. The van der Waals surface area contributed by atoms with Gasteiger partial charge >= 0.3 is 0 Å². The number of nitrogens with zero attached hydrogens (tertiary/aromatic N) is 2. The molecule has 2 aliphatic rings. The third-order valence-electron chi connectivity index (χ3n) is 6.31. The van der Waals surface area contributed by atoms with Gasteiger partial charge in [-0.25, -0.2) is 5.43 Å². The summed E-state index contributed by atoms with van der Waals surface area (Å²) in [5.74, 6) is 0.611. The molecule has 4 nitrogen and oxygen atoms in total. The number of aryl methyl sites for hydroxylation is 2. The molecule has 2 heterocycles. The van der Waals surface area contributed by atoms with E-state index in [0.717, 1.165) is 39.3 Å². The van der Waals surface area contributed by atoms with Gasteiger partial charge < -0.3 is 4.90 Å². The lowest BCUT2D eigenvalue weighted by atomic mass is 9.93. The molecule has 4 rings (SSSR count). The van der Waals surface area contributed by atoms with Crippen molar-refractivity contribution in [3.8, 4) is 0 Å². The second-order valence-electron chi connectivity index (χ2n) is 8.18. The van der Waals surface area contributed by atoms with Gasteiger partial charge in [-0.3, -0.25) is 10.3 Å². The van der Waals surface area contributed by atoms with Crippen molar-refractivity contribution in [2.75, 3.05) is 44.2 Å². The van der Waals surface area contributed by atoms with Crippen LogP contribution in [0.25, 0.3) is 0 Å². The molecule has 0 bridgehead atoms. The third-order valence-corrected chi connectivity index (χ3v) is 6.31. The standard InChI is InChI=1S/C23H32N4/c1-17-7-9-20(10-8-17)23-21(15-24-25-23)16-26-11-13-27(14-12-26)22-6-4-5-18(2)19(22)3/h4-10,21,23-25H,11-16H2,1-3H3. The zero-order chi connectivity index (χ0) is 18.8. The molecule has 2 saturated heterocycles. The van der Waals surface area contributed by atoms with Crippen LogP contribution in [0.15, 0.2) is 42.5 Å². The number of nitrogens with one attached hydrogen (secondary N) is 2. The second kappa shape index (κ2) is 8.01. The van der Waals surface area contributed by atoms with Crippen molar-refractivity contribution in [3.63, 3.8) is 0 Å². The summed E-state index contributed by atoms with van der Waals surface area (Å²) in [5.41, 5.74) is 13.8. The molecule has 0 aromatic heterocycles. The molecule has 4 heteroatoms. The minimum atomic E-state index is 0.405. The number of piperazine rings is 1. The van der Waals surface area contributed by atoms with Crippen molar-refractivity contribution in [2.45, 2.75) is 26.8 Å². The molecule has 2 N–H and O–H groups in total. The lowest BCUT2D eigenvalue weighted by Crippen LogP contribution is -2.48. The first-order chi connectivity index (χ1) is 13.1. The van der Waals surface area contributed by atoms with Crippen LogP contribution in [0.2, 0.25) is 0 Å². The van der Waals surface area contributed by atoms with Crippen LogP contribution in [0, 0.1) is 26.7 Å². The van der Waals surface area contributed by atoms with Gasteiger partial charge in [0, 0.05) is 50.9 Å². The topological polar surface area (TPSA) is 30.5 Å². The van der Waals surface area contributed by atoms with Gasteiger partial charge in [-0.2, -0.15) is 0 Å². The first-order valence-electron chi connectivity index (χ1n) is 10.2. The van der Waals surface area contributed by atoms with Crippen molar-refractivity contribution >= 4 is 5.69 Å². The minimum Gasteiger partial charge on any atom is -0.369 e. The summed E-state index contributed by atoms with van der Waals surface area (Å²) in [6, 6.07) is 16.0. The number of rotatable bonds is 4. The van der Waals surface area contributed by atoms with Crippen molar-refractivity contribution in [2.24, 2.45) is 5.92 Å². The predicted octanol–water partition coefficient (Wildman–Crippen LogP) is 3.20. The lowest BCUT2D eigenvalue weighted by molar-refractivity contribution is 0.214. The quantitative estimate of drug-likeness (QED) is 0.872. The van der Waals surface area contributed by atoms with Crippen LogP contribution >= 0.6 is 0 Å². The highest BCUT2D eigenvalue weighted by molar-refractivity contribution is 5.56. The molecule has 0 amide bonds. The van der Waals surface area contributed by atoms with Crippen molar-refractivity contribution in [3.05, 3.63) is 64.7 Å². The number of benzene rings is 2. The Bertz CT molecular complexity index is 762. The maximum atomic E-state index is 3.49. The maximum Gasteiger partial charge on any atom is 0.0515 e. The van der Waals surface area contributed by atoms with E-state index in [-0.39, 0.29) is 0 Å². The number of hydrazine groups is 1. The molecule has 0 aliphatic carbocycles. The van der Waals surface area contributed by atoms with Crippen LogP contribution in [0.3, 0.4) is 0 Å².